The van der Waals surface area contributed by atoms with E-state index in [1.54, 1.807) is 29.2 Å². The Bertz CT molecular complexity index is 1110. The average Bonchev–Trinajstić information content (AvgIpc) is 3.25. The number of rotatable bonds is 7. The fourth-order valence-electron chi connectivity index (χ4n) is 5.11. The lowest BCUT2D eigenvalue weighted by molar-refractivity contribution is -0.132. The van der Waals surface area contributed by atoms with Crippen LogP contribution in [0.3, 0.4) is 0 Å². The molecular formula is C26H32N4O4. The van der Waals surface area contributed by atoms with E-state index < -0.39 is 0 Å². The highest BCUT2D eigenvalue weighted by Crippen LogP contribution is 2.23. The molecule has 3 heterocycles. The fraction of sp³-hybridized carbons (Fsp3) is 0.462. The molecule has 1 aromatic heterocycles. The molecule has 0 saturated carbocycles. The van der Waals surface area contributed by atoms with Gasteiger partial charge in [0.2, 0.25) is 5.91 Å². The number of amides is 3. The van der Waals surface area contributed by atoms with E-state index >= 15 is 0 Å². The first-order valence-corrected chi connectivity index (χ1v) is 11.9. The summed E-state index contributed by atoms with van der Waals surface area (Å²) in [5, 5.41) is 0. The summed E-state index contributed by atoms with van der Waals surface area (Å²) in [6.45, 7) is 10.9. The highest BCUT2D eigenvalue weighted by molar-refractivity contribution is 6.21. The first-order valence-electron chi connectivity index (χ1n) is 11.9. The molecular weight excluding hydrogens is 432 g/mol. The van der Waals surface area contributed by atoms with Crippen LogP contribution in [0.1, 0.15) is 68.8 Å². The monoisotopic (exact) mass is 464 g/mol. The number of piperazine rings is 1. The standard InChI is InChI=1S/C26H32N4O4/c1-17(2)30-18(3)15-22(19(30)4)23(31)16-27-11-13-28(14-12-27)24(32)9-10-29-25(33)20-7-5-6-8-21(20)26(29)34/h5-8,15,17H,9-14,16H2,1-4H3. The molecule has 0 radical (unpaired) electrons. The van der Waals surface area contributed by atoms with Gasteiger partial charge in [0.1, 0.15) is 0 Å². The minimum absolute atomic E-state index is 0.0787. The second-order valence-electron chi connectivity index (χ2n) is 9.39. The van der Waals surface area contributed by atoms with E-state index in [0.29, 0.717) is 49.9 Å². The molecule has 0 N–H and O–H groups in total. The molecule has 8 heteroatoms. The van der Waals surface area contributed by atoms with Crippen molar-refractivity contribution in [1.82, 2.24) is 19.3 Å². The summed E-state index contributed by atoms with van der Waals surface area (Å²) in [6.07, 6.45) is 0.103. The number of nitrogens with zero attached hydrogens (tertiary/aromatic N) is 4. The summed E-state index contributed by atoms with van der Waals surface area (Å²) in [5.74, 6) is -0.657. The lowest BCUT2D eigenvalue weighted by Crippen LogP contribution is -2.50. The zero-order chi connectivity index (χ0) is 24.6. The first-order chi connectivity index (χ1) is 16.2. The topological polar surface area (TPSA) is 82.9 Å². The molecule has 2 aliphatic rings. The number of carbonyl (C=O) groups excluding carboxylic acids is 4. The van der Waals surface area contributed by atoms with Gasteiger partial charge >= 0.3 is 0 Å². The predicted octanol–water partition coefficient (Wildman–Crippen LogP) is 2.70. The van der Waals surface area contributed by atoms with E-state index in [0.717, 1.165) is 21.9 Å². The van der Waals surface area contributed by atoms with Gasteiger partial charge in [-0.25, -0.2) is 0 Å². The number of ketones is 1. The maximum atomic E-state index is 12.9. The highest BCUT2D eigenvalue weighted by Gasteiger charge is 2.35. The fourth-order valence-corrected chi connectivity index (χ4v) is 5.11. The average molecular weight is 465 g/mol. The quantitative estimate of drug-likeness (QED) is 0.465. The number of fused-ring (bicyclic) bond motifs is 1. The van der Waals surface area contributed by atoms with E-state index in [4.69, 9.17) is 0 Å². The number of imide groups is 1. The van der Waals surface area contributed by atoms with Gasteiger partial charge in [-0.2, -0.15) is 0 Å². The lowest BCUT2D eigenvalue weighted by atomic mass is 10.1. The minimum Gasteiger partial charge on any atom is -0.346 e. The zero-order valence-electron chi connectivity index (χ0n) is 20.3. The van der Waals surface area contributed by atoms with Crippen molar-refractivity contribution >= 4 is 23.5 Å². The largest absolute Gasteiger partial charge is 0.346 e. The summed E-state index contributed by atoms with van der Waals surface area (Å²) in [4.78, 5) is 55.6. The normalized spacial score (nSPS) is 16.5. The highest BCUT2D eigenvalue weighted by atomic mass is 16.2. The molecule has 0 unspecified atom stereocenters. The van der Waals surface area contributed by atoms with E-state index in [1.165, 1.54) is 0 Å². The molecule has 0 bridgehead atoms. The van der Waals surface area contributed by atoms with Crippen molar-refractivity contribution in [2.24, 2.45) is 0 Å². The van der Waals surface area contributed by atoms with Crippen molar-refractivity contribution in [3.05, 3.63) is 58.4 Å². The number of hydrogen-bond acceptors (Lipinski definition) is 5. The number of aromatic nitrogens is 1. The predicted molar refractivity (Wildman–Crippen MR) is 128 cm³/mol. The smallest absolute Gasteiger partial charge is 0.261 e. The van der Waals surface area contributed by atoms with Gasteiger partial charge in [0.25, 0.3) is 11.8 Å². The molecule has 0 atom stereocenters. The minimum atomic E-state index is -0.339. The van der Waals surface area contributed by atoms with E-state index in [2.05, 4.69) is 23.3 Å². The Hall–Kier alpha value is -3.26. The Balaban J connectivity index is 1.27. The summed E-state index contributed by atoms with van der Waals surface area (Å²) in [5.41, 5.74) is 3.65. The van der Waals surface area contributed by atoms with Gasteiger partial charge < -0.3 is 9.47 Å². The van der Waals surface area contributed by atoms with Crippen molar-refractivity contribution in [3.8, 4) is 0 Å². The molecule has 1 fully saturated rings. The number of carbonyl (C=O) groups is 4. The molecule has 1 saturated heterocycles. The SMILES string of the molecule is Cc1cc(C(=O)CN2CCN(C(=O)CCN3C(=O)c4ccccc4C3=O)CC2)c(C)n1C(C)C. The van der Waals surface area contributed by atoms with Crippen LogP contribution in [0.4, 0.5) is 0 Å². The van der Waals surface area contributed by atoms with Crippen LogP contribution in [-0.4, -0.2) is 82.0 Å². The zero-order valence-corrected chi connectivity index (χ0v) is 20.3. The Labute approximate surface area is 200 Å². The summed E-state index contributed by atoms with van der Waals surface area (Å²) in [6, 6.07) is 9.00. The third kappa shape index (κ3) is 4.42. The van der Waals surface area contributed by atoms with Crippen LogP contribution in [0.25, 0.3) is 0 Å². The van der Waals surface area contributed by atoms with Crippen molar-refractivity contribution in [2.75, 3.05) is 39.3 Å². The van der Waals surface area contributed by atoms with Crippen LogP contribution in [0.15, 0.2) is 30.3 Å². The van der Waals surface area contributed by atoms with Gasteiger partial charge in [-0.05, 0) is 45.9 Å². The maximum absolute atomic E-state index is 12.9. The number of hydrogen-bond donors (Lipinski definition) is 0. The molecule has 1 aromatic carbocycles. The van der Waals surface area contributed by atoms with Crippen molar-refractivity contribution < 1.29 is 19.2 Å². The second kappa shape index (κ2) is 9.54. The van der Waals surface area contributed by atoms with Crippen molar-refractivity contribution in [1.29, 1.82) is 0 Å². The van der Waals surface area contributed by atoms with Gasteiger partial charge in [0.05, 0.1) is 17.7 Å². The number of aryl methyl sites for hydroxylation is 1. The molecule has 2 aromatic rings. The van der Waals surface area contributed by atoms with Gasteiger partial charge in [0.15, 0.2) is 5.78 Å². The molecule has 0 aliphatic carbocycles. The van der Waals surface area contributed by atoms with Gasteiger partial charge in [-0.3, -0.25) is 29.0 Å². The Morgan fingerprint density at radius 2 is 1.53 bits per heavy atom. The molecule has 8 nitrogen and oxygen atoms in total. The van der Waals surface area contributed by atoms with Crippen LogP contribution in [0.2, 0.25) is 0 Å². The summed E-state index contributed by atoms with van der Waals surface area (Å²) in [7, 11) is 0. The van der Waals surface area contributed by atoms with Crippen molar-refractivity contribution in [2.45, 2.75) is 40.2 Å². The number of Topliss-reactive ketones (excluding diaryl/α,β-unsaturated/α-hetero) is 1. The molecule has 34 heavy (non-hydrogen) atoms. The van der Waals surface area contributed by atoms with Crippen LogP contribution < -0.4 is 0 Å². The number of benzene rings is 1. The summed E-state index contributed by atoms with van der Waals surface area (Å²) >= 11 is 0. The molecule has 3 amide bonds. The van der Waals surface area contributed by atoms with Crippen molar-refractivity contribution in [3.63, 3.8) is 0 Å². The van der Waals surface area contributed by atoms with Crippen LogP contribution in [0.5, 0.6) is 0 Å². The second-order valence-corrected chi connectivity index (χ2v) is 9.39. The van der Waals surface area contributed by atoms with Crippen LogP contribution >= 0.6 is 0 Å². The maximum Gasteiger partial charge on any atom is 0.261 e. The first kappa shape index (κ1) is 23.9. The van der Waals surface area contributed by atoms with E-state index in [-0.39, 0.29) is 36.5 Å². The Morgan fingerprint density at radius 3 is 2.06 bits per heavy atom. The van der Waals surface area contributed by atoms with Gasteiger partial charge in [0, 0.05) is 62.1 Å². The van der Waals surface area contributed by atoms with Gasteiger partial charge in [-0.1, -0.05) is 12.1 Å². The van der Waals surface area contributed by atoms with Crippen LogP contribution in [-0.2, 0) is 4.79 Å². The van der Waals surface area contributed by atoms with Gasteiger partial charge in [-0.15, -0.1) is 0 Å². The van der Waals surface area contributed by atoms with Crippen LogP contribution in [0, 0.1) is 13.8 Å². The molecule has 4 rings (SSSR count). The third-order valence-electron chi connectivity index (χ3n) is 6.82. The third-order valence-corrected chi connectivity index (χ3v) is 6.82. The molecule has 2 aliphatic heterocycles. The Morgan fingerprint density at radius 1 is 0.941 bits per heavy atom. The molecule has 0 spiro atoms. The Kier molecular flexibility index (Phi) is 6.70. The van der Waals surface area contributed by atoms with E-state index in [9.17, 15) is 19.2 Å². The summed E-state index contributed by atoms with van der Waals surface area (Å²) < 4.78 is 2.18. The molecule has 180 valence electrons. The van der Waals surface area contributed by atoms with E-state index in [1.807, 2.05) is 19.9 Å². The lowest BCUT2D eigenvalue weighted by Gasteiger charge is -2.34.